The molecule has 1 aliphatic rings. The molecule has 0 aromatic heterocycles. The smallest absolute Gasteiger partial charge is 0.0262 e. The third-order valence-electron chi connectivity index (χ3n) is 4.72. The molecule has 0 aromatic carbocycles. The molecule has 1 saturated carbocycles. The van der Waals surface area contributed by atoms with Crippen LogP contribution in [0.1, 0.15) is 47.5 Å². The first kappa shape index (κ1) is 12.8. The molecule has 6 atom stereocenters. The van der Waals surface area contributed by atoms with Gasteiger partial charge in [0.05, 0.1) is 0 Å². The molecule has 88 valence electrons. The Morgan fingerprint density at radius 2 is 1.80 bits per heavy atom. The SMILES string of the molecule is C=CC(C)CC(C)C(C)C(C)C1CC1C. The molecule has 0 saturated heterocycles. The summed E-state index contributed by atoms with van der Waals surface area (Å²) < 4.78 is 0. The van der Waals surface area contributed by atoms with Gasteiger partial charge in [0, 0.05) is 0 Å². The molecule has 0 spiro atoms. The normalized spacial score (nSPS) is 32.9. The first-order valence-electron chi connectivity index (χ1n) is 6.59. The molecule has 15 heavy (non-hydrogen) atoms. The predicted octanol–water partition coefficient (Wildman–Crippen LogP) is 4.76. The minimum atomic E-state index is 0.672. The Bertz CT molecular complexity index is 206. The van der Waals surface area contributed by atoms with E-state index in [1.165, 1.54) is 12.8 Å². The zero-order valence-corrected chi connectivity index (χ0v) is 11.2. The summed E-state index contributed by atoms with van der Waals surface area (Å²) in [5.41, 5.74) is 0. The number of allylic oxidation sites excluding steroid dienone is 1. The van der Waals surface area contributed by atoms with E-state index in [0.717, 1.165) is 29.6 Å². The van der Waals surface area contributed by atoms with E-state index in [1.54, 1.807) is 0 Å². The van der Waals surface area contributed by atoms with Crippen LogP contribution in [-0.4, -0.2) is 0 Å². The molecule has 1 rings (SSSR count). The van der Waals surface area contributed by atoms with Crippen molar-refractivity contribution >= 4 is 0 Å². The van der Waals surface area contributed by atoms with Crippen molar-refractivity contribution in [2.45, 2.75) is 47.5 Å². The van der Waals surface area contributed by atoms with Crippen LogP contribution in [0.3, 0.4) is 0 Å². The van der Waals surface area contributed by atoms with Gasteiger partial charge in [-0.1, -0.05) is 40.7 Å². The van der Waals surface area contributed by atoms with Gasteiger partial charge in [-0.15, -0.1) is 6.58 Å². The summed E-state index contributed by atoms with van der Waals surface area (Å²) in [5.74, 6) is 5.29. The second-order valence-electron chi connectivity index (χ2n) is 6.02. The van der Waals surface area contributed by atoms with Gasteiger partial charge in [0.2, 0.25) is 0 Å². The largest absolute Gasteiger partial charge is 0.103 e. The van der Waals surface area contributed by atoms with Crippen LogP contribution in [-0.2, 0) is 0 Å². The highest BCUT2D eigenvalue weighted by molar-refractivity contribution is 4.90. The van der Waals surface area contributed by atoms with Crippen LogP contribution in [0, 0.1) is 35.5 Å². The van der Waals surface area contributed by atoms with Gasteiger partial charge in [-0.3, -0.25) is 0 Å². The van der Waals surface area contributed by atoms with E-state index in [-0.39, 0.29) is 0 Å². The number of hydrogen-bond donors (Lipinski definition) is 0. The highest BCUT2D eigenvalue weighted by Gasteiger charge is 2.40. The predicted molar refractivity (Wildman–Crippen MR) is 68.7 cm³/mol. The van der Waals surface area contributed by atoms with Gasteiger partial charge in [-0.2, -0.15) is 0 Å². The van der Waals surface area contributed by atoms with Gasteiger partial charge in [0.15, 0.2) is 0 Å². The fraction of sp³-hybridized carbons (Fsp3) is 0.867. The molecule has 0 radical (unpaired) electrons. The van der Waals surface area contributed by atoms with Crippen LogP contribution in [0.25, 0.3) is 0 Å². The molecule has 0 amide bonds. The summed E-state index contributed by atoms with van der Waals surface area (Å²) in [5, 5.41) is 0. The molecular weight excluding hydrogens is 180 g/mol. The first-order valence-corrected chi connectivity index (χ1v) is 6.59. The van der Waals surface area contributed by atoms with Crippen molar-refractivity contribution in [1.29, 1.82) is 0 Å². The second-order valence-corrected chi connectivity index (χ2v) is 6.02. The summed E-state index contributed by atoms with van der Waals surface area (Å²) in [4.78, 5) is 0. The van der Waals surface area contributed by atoms with Crippen LogP contribution < -0.4 is 0 Å². The Hall–Kier alpha value is -0.260. The summed E-state index contributed by atoms with van der Waals surface area (Å²) in [7, 11) is 0. The summed E-state index contributed by atoms with van der Waals surface area (Å²) in [6, 6.07) is 0. The molecule has 0 heteroatoms. The lowest BCUT2D eigenvalue weighted by Gasteiger charge is -2.27. The summed E-state index contributed by atoms with van der Waals surface area (Å²) >= 11 is 0. The quantitative estimate of drug-likeness (QED) is 0.552. The van der Waals surface area contributed by atoms with Gasteiger partial charge in [-0.05, 0) is 48.3 Å². The van der Waals surface area contributed by atoms with Crippen molar-refractivity contribution in [2.24, 2.45) is 35.5 Å². The topological polar surface area (TPSA) is 0 Å². The van der Waals surface area contributed by atoms with E-state index in [9.17, 15) is 0 Å². The van der Waals surface area contributed by atoms with Crippen molar-refractivity contribution in [1.82, 2.24) is 0 Å². The minimum absolute atomic E-state index is 0.672. The zero-order chi connectivity index (χ0) is 11.6. The zero-order valence-electron chi connectivity index (χ0n) is 11.2. The van der Waals surface area contributed by atoms with Gasteiger partial charge in [0.25, 0.3) is 0 Å². The molecule has 0 N–H and O–H groups in total. The summed E-state index contributed by atoms with van der Waals surface area (Å²) in [6.45, 7) is 15.9. The Balaban J connectivity index is 2.37. The lowest BCUT2D eigenvalue weighted by Crippen LogP contribution is -2.20. The highest BCUT2D eigenvalue weighted by atomic mass is 14.4. The Morgan fingerprint density at radius 3 is 2.20 bits per heavy atom. The fourth-order valence-corrected chi connectivity index (χ4v) is 2.89. The third-order valence-corrected chi connectivity index (χ3v) is 4.72. The van der Waals surface area contributed by atoms with Gasteiger partial charge >= 0.3 is 0 Å². The summed E-state index contributed by atoms with van der Waals surface area (Å²) in [6.07, 6.45) is 4.86. The van der Waals surface area contributed by atoms with Crippen molar-refractivity contribution in [3.8, 4) is 0 Å². The van der Waals surface area contributed by atoms with E-state index >= 15 is 0 Å². The molecular formula is C15H28. The van der Waals surface area contributed by atoms with Crippen LogP contribution in [0.5, 0.6) is 0 Å². The maximum atomic E-state index is 3.88. The standard InChI is InChI=1S/C15H28/c1-7-10(2)8-11(3)13(5)14(6)15-9-12(15)4/h7,10-15H,1,8-9H2,2-6H3. The van der Waals surface area contributed by atoms with E-state index in [4.69, 9.17) is 0 Å². The third kappa shape index (κ3) is 3.36. The second kappa shape index (κ2) is 5.18. The lowest BCUT2D eigenvalue weighted by molar-refractivity contribution is 0.225. The molecule has 0 bridgehead atoms. The first-order chi connectivity index (χ1) is 6.97. The highest BCUT2D eigenvalue weighted by Crippen LogP contribution is 2.48. The molecule has 1 fully saturated rings. The molecule has 1 aliphatic carbocycles. The van der Waals surface area contributed by atoms with Crippen LogP contribution >= 0.6 is 0 Å². The fourth-order valence-electron chi connectivity index (χ4n) is 2.89. The minimum Gasteiger partial charge on any atom is -0.103 e. The Labute approximate surface area is 96.2 Å². The van der Waals surface area contributed by atoms with Crippen LogP contribution in [0.4, 0.5) is 0 Å². The van der Waals surface area contributed by atoms with Crippen LogP contribution in [0.2, 0.25) is 0 Å². The molecule has 0 aromatic rings. The van der Waals surface area contributed by atoms with Gasteiger partial charge in [-0.25, -0.2) is 0 Å². The van der Waals surface area contributed by atoms with E-state index < -0.39 is 0 Å². The molecule has 0 heterocycles. The monoisotopic (exact) mass is 208 g/mol. The van der Waals surface area contributed by atoms with E-state index in [0.29, 0.717) is 5.92 Å². The Kier molecular flexibility index (Phi) is 4.43. The van der Waals surface area contributed by atoms with Crippen molar-refractivity contribution in [3.63, 3.8) is 0 Å². The van der Waals surface area contributed by atoms with Gasteiger partial charge in [0.1, 0.15) is 0 Å². The lowest BCUT2D eigenvalue weighted by atomic mass is 9.78. The van der Waals surface area contributed by atoms with E-state index in [1.807, 2.05) is 0 Å². The van der Waals surface area contributed by atoms with Crippen molar-refractivity contribution < 1.29 is 0 Å². The van der Waals surface area contributed by atoms with E-state index in [2.05, 4.69) is 47.3 Å². The van der Waals surface area contributed by atoms with Crippen LogP contribution in [0.15, 0.2) is 12.7 Å². The number of hydrogen-bond acceptors (Lipinski definition) is 0. The average Bonchev–Trinajstić information content (AvgIpc) is 2.92. The number of rotatable bonds is 6. The Morgan fingerprint density at radius 1 is 1.27 bits per heavy atom. The molecule has 0 aliphatic heterocycles. The average molecular weight is 208 g/mol. The maximum Gasteiger partial charge on any atom is -0.0262 e. The maximum absolute atomic E-state index is 3.88. The van der Waals surface area contributed by atoms with Gasteiger partial charge < -0.3 is 0 Å². The van der Waals surface area contributed by atoms with Crippen molar-refractivity contribution in [2.75, 3.05) is 0 Å². The van der Waals surface area contributed by atoms with Crippen molar-refractivity contribution in [3.05, 3.63) is 12.7 Å². The molecule has 6 unspecified atom stereocenters. The molecule has 0 nitrogen and oxygen atoms in total.